The standard InChI is InChI=1S/C17H28N2S/c1-6-14(7-2)19(11-12(3)4)16-10-13(5)8-9-15(16)17(18)20/h8-10,12,14H,6-7,11H2,1-5H3,(H2,18,20). The van der Waals surface area contributed by atoms with E-state index in [4.69, 9.17) is 18.0 Å². The predicted octanol–water partition coefficient (Wildman–Crippen LogP) is 4.28. The summed E-state index contributed by atoms with van der Waals surface area (Å²) in [5.74, 6) is 0.607. The predicted molar refractivity (Wildman–Crippen MR) is 93.6 cm³/mol. The minimum absolute atomic E-state index is 0.486. The van der Waals surface area contributed by atoms with Crippen molar-refractivity contribution in [1.29, 1.82) is 0 Å². The Balaban J connectivity index is 3.31. The Bertz CT molecular complexity index is 450. The Labute approximate surface area is 129 Å². The number of thiocarbonyl (C=S) groups is 1. The quantitative estimate of drug-likeness (QED) is 0.761. The molecule has 2 N–H and O–H groups in total. The Hall–Kier alpha value is -1.09. The second-order valence-corrected chi connectivity index (χ2v) is 6.34. The first kappa shape index (κ1) is 17.0. The zero-order valence-electron chi connectivity index (χ0n) is 13.4. The van der Waals surface area contributed by atoms with Crippen LogP contribution < -0.4 is 10.6 Å². The molecule has 0 saturated heterocycles. The first-order valence-corrected chi connectivity index (χ1v) is 7.98. The summed E-state index contributed by atoms with van der Waals surface area (Å²) in [6.45, 7) is 12.2. The van der Waals surface area contributed by atoms with Gasteiger partial charge < -0.3 is 10.6 Å². The van der Waals surface area contributed by atoms with E-state index in [0.29, 0.717) is 16.9 Å². The van der Waals surface area contributed by atoms with Crippen molar-refractivity contribution in [3.05, 3.63) is 29.3 Å². The summed E-state index contributed by atoms with van der Waals surface area (Å²) in [6.07, 6.45) is 2.27. The van der Waals surface area contributed by atoms with Crippen LogP contribution >= 0.6 is 12.2 Å². The molecular weight excluding hydrogens is 264 g/mol. The fraction of sp³-hybridized carbons (Fsp3) is 0.588. The number of nitrogens with two attached hydrogens (primary N) is 1. The molecule has 1 rings (SSSR count). The molecule has 0 saturated carbocycles. The van der Waals surface area contributed by atoms with Gasteiger partial charge in [0.05, 0.1) is 0 Å². The molecule has 112 valence electrons. The topological polar surface area (TPSA) is 29.3 Å². The van der Waals surface area contributed by atoms with Crippen LogP contribution in [0.4, 0.5) is 5.69 Å². The highest BCUT2D eigenvalue weighted by atomic mass is 32.1. The van der Waals surface area contributed by atoms with E-state index >= 15 is 0 Å². The summed E-state index contributed by atoms with van der Waals surface area (Å²) >= 11 is 5.24. The van der Waals surface area contributed by atoms with E-state index in [0.717, 1.165) is 24.9 Å². The van der Waals surface area contributed by atoms with Crippen molar-refractivity contribution in [2.24, 2.45) is 11.7 Å². The van der Waals surface area contributed by atoms with Crippen LogP contribution in [0.15, 0.2) is 18.2 Å². The smallest absolute Gasteiger partial charge is 0.106 e. The van der Waals surface area contributed by atoms with E-state index in [1.165, 1.54) is 11.3 Å². The molecule has 0 amide bonds. The molecule has 0 radical (unpaired) electrons. The van der Waals surface area contributed by atoms with Gasteiger partial charge in [-0.05, 0) is 43.4 Å². The molecule has 20 heavy (non-hydrogen) atoms. The number of nitrogens with zero attached hydrogens (tertiary/aromatic N) is 1. The zero-order valence-corrected chi connectivity index (χ0v) is 14.3. The van der Waals surface area contributed by atoms with E-state index < -0.39 is 0 Å². The Morgan fingerprint density at radius 2 is 1.85 bits per heavy atom. The lowest BCUT2D eigenvalue weighted by atomic mass is 10.0. The third kappa shape index (κ3) is 4.20. The van der Waals surface area contributed by atoms with Crippen LogP contribution in [0.3, 0.4) is 0 Å². The van der Waals surface area contributed by atoms with Gasteiger partial charge in [-0.3, -0.25) is 0 Å². The average Bonchev–Trinajstić information content (AvgIpc) is 2.38. The molecule has 2 nitrogen and oxygen atoms in total. The molecule has 0 spiro atoms. The van der Waals surface area contributed by atoms with E-state index in [-0.39, 0.29) is 0 Å². The SMILES string of the molecule is CCC(CC)N(CC(C)C)c1cc(C)ccc1C(N)=S. The van der Waals surface area contributed by atoms with Gasteiger partial charge in [-0.25, -0.2) is 0 Å². The molecule has 1 aromatic rings. The van der Waals surface area contributed by atoms with E-state index in [1.807, 2.05) is 0 Å². The van der Waals surface area contributed by atoms with Gasteiger partial charge in [0.2, 0.25) is 0 Å². The van der Waals surface area contributed by atoms with E-state index in [1.54, 1.807) is 0 Å². The number of benzene rings is 1. The number of hydrogen-bond donors (Lipinski definition) is 1. The van der Waals surface area contributed by atoms with Crippen LogP contribution in [0.2, 0.25) is 0 Å². The highest BCUT2D eigenvalue weighted by molar-refractivity contribution is 7.80. The monoisotopic (exact) mass is 292 g/mol. The minimum atomic E-state index is 0.486. The van der Waals surface area contributed by atoms with Crippen molar-refractivity contribution >= 4 is 22.9 Å². The summed E-state index contributed by atoms with van der Waals surface area (Å²) in [6, 6.07) is 6.89. The van der Waals surface area contributed by atoms with Gasteiger partial charge in [0.1, 0.15) is 4.99 Å². The van der Waals surface area contributed by atoms with Crippen molar-refractivity contribution in [3.63, 3.8) is 0 Å². The van der Waals surface area contributed by atoms with Crippen LogP contribution in [0, 0.1) is 12.8 Å². The second-order valence-electron chi connectivity index (χ2n) is 5.90. The normalized spacial score (nSPS) is 11.2. The Kier molecular flexibility index (Phi) is 6.47. The number of rotatable bonds is 7. The van der Waals surface area contributed by atoms with E-state index in [9.17, 15) is 0 Å². The van der Waals surface area contributed by atoms with Gasteiger partial charge in [-0.15, -0.1) is 0 Å². The fourth-order valence-corrected chi connectivity index (χ4v) is 2.83. The van der Waals surface area contributed by atoms with Crippen molar-refractivity contribution in [3.8, 4) is 0 Å². The van der Waals surface area contributed by atoms with Crippen LogP contribution in [0.1, 0.15) is 51.7 Å². The van der Waals surface area contributed by atoms with Crippen LogP contribution in [0.25, 0.3) is 0 Å². The number of anilines is 1. The molecule has 0 heterocycles. The third-order valence-corrected chi connectivity index (χ3v) is 3.89. The molecular formula is C17H28N2S. The molecule has 3 heteroatoms. The molecule has 0 bridgehead atoms. The van der Waals surface area contributed by atoms with Gasteiger partial charge in [-0.2, -0.15) is 0 Å². The van der Waals surface area contributed by atoms with Gasteiger partial charge in [-0.1, -0.05) is 46.0 Å². The minimum Gasteiger partial charge on any atom is -0.389 e. The van der Waals surface area contributed by atoms with Crippen LogP contribution in [-0.2, 0) is 0 Å². The maximum Gasteiger partial charge on any atom is 0.106 e. The molecule has 0 aromatic heterocycles. The average molecular weight is 292 g/mol. The van der Waals surface area contributed by atoms with Gasteiger partial charge in [0.25, 0.3) is 0 Å². The summed E-state index contributed by atoms with van der Waals surface area (Å²) in [5, 5.41) is 0. The summed E-state index contributed by atoms with van der Waals surface area (Å²) in [4.78, 5) is 2.98. The highest BCUT2D eigenvalue weighted by Gasteiger charge is 2.20. The van der Waals surface area contributed by atoms with Crippen LogP contribution in [-0.4, -0.2) is 17.6 Å². The second kappa shape index (κ2) is 7.63. The van der Waals surface area contributed by atoms with E-state index in [2.05, 4.69) is 57.7 Å². The molecule has 0 unspecified atom stereocenters. The molecule has 0 fully saturated rings. The highest BCUT2D eigenvalue weighted by Crippen LogP contribution is 2.27. The molecule has 1 aromatic carbocycles. The lowest BCUT2D eigenvalue weighted by molar-refractivity contribution is 0.507. The van der Waals surface area contributed by atoms with Gasteiger partial charge in [0, 0.05) is 23.8 Å². The van der Waals surface area contributed by atoms with Crippen molar-refractivity contribution in [2.75, 3.05) is 11.4 Å². The zero-order chi connectivity index (χ0) is 15.3. The summed E-state index contributed by atoms with van der Waals surface area (Å²) < 4.78 is 0. The van der Waals surface area contributed by atoms with Crippen molar-refractivity contribution in [1.82, 2.24) is 0 Å². The van der Waals surface area contributed by atoms with Crippen LogP contribution in [0.5, 0.6) is 0 Å². The maximum absolute atomic E-state index is 5.92. The molecule has 0 atom stereocenters. The fourth-order valence-electron chi connectivity index (χ4n) is 2.65. The first-order valence-electron chi connectivity index (χ1n) is 7.57. The summed E-state index contributed by atoms with van der Waals surface area (Å²) in [5.41, 5.74) is 9.36. The first-order chi connectivity index (χ1) is 9.40. The third-order valence-electron chi connectivity index (χ3n) is 3.67. The summed E-state index contributed by atoms with van der Waals surface area (Å²) in [7, 11) is 0. The number of hydrogen-bond acceptors (Lipinski definition) is 2. The van der Waals surface area contributed by atoms with Gasteiger partial charge in [0.15, 0.2) is 0 Å². The molecule has 0 aliphatic rings. The van der Waals surface area contributed by atoms with Crippen molar-refractivity contribution in [2.45, 2.75) is 53.5 Å². The number of aryl methyl sites for hydroxylation is 1. The Morgan fingerprint density at radius 3 is 2.30 bits per heavy atom. The maximum atomic E-state index is 5.92. The van der Waals surface area contributed by atoms with Gasteiger partial charge >= 0.3 is 0 Å². The largest absolute Gasteiger partial charge is 0.389 e. The van der Waals surface area contributed by atoms with Crippen molar-refractivity contribution < 1.29 is 0 Å². The molecule has 0 aliphatic heterocycles. The molecule has 0 aliphatic carbocycles. The lowest BCUT2D eigenvalue weighted by Gasteiger charge is -2.35. The Morgan fingerprint density at radius 1 is 1.25 bits per heavy atom. The lowest BCUT2D eigenvalue weighted by Crippen LogP contribution is -2.38.